The molecule has 0 spiro atoms. The zero-order valence-electron chi connectivity index (χ0n) is 17.1. The minimum atomic E-state index is 0.327. The average molecular weight is 378 g/mol. The minimum absolute atomic E-state index is 0.327. The summed E-state index contributed by atoms with van der Waals surface area (Å²) in [5, 5.41) is 11.6. The fraction of sp³-hybridized carbons (Fsp3) is 0.842. The van der Waals surface area contributed by atoms with Crippen LogP contribution in [0.25, 0.3) is 0 Å². The molecule has 0 amide bonds. The van der Waals surface area contributed by atoms with Crippen LogP contribution in [0, 0.1) is 5.92 Å². The fourth-order valence-electron chi connectivity index (χ4n) is 4.04. The molecule has 1 unspecified atom stereocenters. The van der Waals surface area contributed by atoms with Crippen LogP contribution in [0.2, 0.25) is 0 Å². The number of nitrogens with one attached hydrogen (secondary N) is 2. The second kappa shape index (κ2) is 10.0. The molecule has 152 valence electrons. The summed E-state index contributed by atoms with van der Waals surface area (Å²) in [6.07, 6.45) is 5.84. The number of rotatable bonds is 7. The zero-order valence-corrected chi connectivity index (χ0v) is 17.1. The first kappa shape index (κ1) is 20.1. The molecule has 0 radical (unpaired) electrons. The third-order valence-electron chi connectivity index (χ3n) is 5.74. The van der Waals surface area contributed by atoms with E-state index >= 15 is 0 Å². The Hall–Kier alpha value is -1.67. The maximum Gasteiger partial charge on any atom is 0.191 e. The van der Waals surface area contributed by atoms with Gasteiger partial charge in [0.2, 0.25) is 0 Å². The molecule has 1 saturated heterocycles. The number of aromatic nitrogens is 3. The number of hydrogen-bond acceptors (Lipinski definition) is 5. The SMILES string of the molecule is CCN1CCC(CCNC(=NC)NC2CCc3nc(COC)nn3C2)CC1. The normalized spacial score (nSPS) is 21.9. The predicted molar refractivity (Wildman–Crippen MR) is 107 cm³/mol. The van der Waals surface area contributed by atoms with Gasteiger partial charge in [0, 0.05) is 33.2 Å². The van der Waals surface area contributed by atoms with E-state index in [1.54, 1.807) is 7.11 Å². The van der Waals surface area contributed by atoms with E-state index in [0.29, 0.717) is 12.6 Å². The minimum Gasteiger partial charge on any atom is -0.377 e. The Balaban J connectivity index is 1.40. The number of piperidine rings is 1. The lowest BCUT2D eigenvalue weighted by Crippen LogP contribution is -2.47. The Bertz CT molecular complexity index is 607. The molecular weight excluding hydrogens is 342 g/mol. The molecule has 1 atom stereocenters. The molecule has 2 aliphatic heterocycles. The Labute approximate surface area is 162 Å². The smallest absolute Gasteiger partial charge is 0.191 e. The van der Waals surface area contributed by atoms with E-state index in [2.05, 4.69) is 37.5 Å². The van der Waals surface area contributed by atoms with Crippen molar-refractivity contribution in [1.82, 2.24) is 30.3 Å². The standard InChI is InChI=1S/C19H35N7O/c1-4-25-11-8-15(9-12-25)7-10-21-19(20-2)22-16-5-6-18-23-17(14-27-3)24-26(18)13-16/h15-16H,4-14H2,1-3H3,(H2,20,21,22). The monoisotopic (exact) mass is 377 g/mol. The van der Waals surface area contributed by atoms with Gasteiger partial charge in [-0.1, -0.05) is 6.92 Å². The van der Waals surface area contributed by atoms with E-state index in [1.165, 1.54) is 38.9 Å². The van der Waals surface area contributed by atoms with Crippen LogP contribution in [0.5, 0.6) is 0 Å². The van der Waals surface area contributed by atoms with Crippen molar-refractivity contribution in [3.05, 3.63) is 11.6 Å². The van der Waals surface area contributed by atoms with Gasteiger partial charge >= 0.3 is 0 Å². The van der Waals surface area contributed by atoms with Crippen molar-refractivity contribution in [1.29, 1.82) is 0 Å². The molecule has 1 aromatic rings. The number of guanidine groups is 1. The number of nitrogens with zero attached hydrogens (tertiary/aromatic N) is 5. The molecule has 2 aliphatic rings. The molecule has 8 nitrogen and oxygen atoms in total. The van der Waals surface area contributed by atoms with Crippen LogP contribution < -0.4 is 10.6 Å². The molecule has 0 aromatic carbocycles. The third kappa shape index (κ3) is 5.65. The molecule has 2 N–H and O–H groups in total. The van der Waals surface area contributed by atoms with Gasteiger partial charge in [0.05, 0.1) is 6.54 Å². The second-order valence-corrected chi connectivity index (χ2v) is 7.60. The van der Waals surface area contributed by atoms with E-state index in [9.17, 15) is 0 Å². The number of methoxy groups -OCH3 is 1. The van der Waals surface area contributed by atoms with Gasteiger partial charge in [-0.25, -0.2) is 9.67 Å². The van der Waals surface area contributed by atoms with E-state index < -0.39 is 0 Å². The van der Waals surface area contributed by atoms with Gasteiger partial charge in [-0.3, -0.25) is 4.99 Å². The highest BCUT2D eigenvalue weighted by molar-refractivity contribution is 5.79. The lowest BCUT2D eigenvalue weighted by Gasteiger charge is -2.31. The third-order valence-corrected chi connectivity index (χ3v) is 5.74. The summed E-state index contributed by atoms with van der Waals surface area (Å²) in [6.45, 7) is 8.21. The van der Waals surface area contributed by atoms with Crippen molar-refractivity contribution in [3.63, 3.8) is 0 Å². The van der Waals surface area contributed by atoms with Crippen LogP contribution in [0.4, 0.5) is 0 Å². The number of aryl methyl sites for hydroxylation is 1. The highest BCUT2D eigenvalue weighted by atomic mass is 16.5. The molecule has 3 rings (SSSR count). The molecule has 3 heterocycles. The second-order valence-electron chi connectivity index (χ2n) is 7.60. The molecule has 27 heavy (non-hydrogen) atoms. The van der Waals surface area contributed by atoms with Crippen molar-refractivity contribution in [3.8, 4) is 0 Å². The number of fused-ring (bicyclic) bond motifs is 1. The van der Waals surface area contributed by atoms with Crippen LogP contribution in [0.1, 0.15) is 44.3 Å². The Morgan fingerprint density at radius 3 is 2.81 bits per heavy atom. The van der Waals surface area contributed by atoms with E-state index in [-0.39, 0.29) is 0 Å². The first-order valence-corrected chi connectivity index (χ1v) is 10.3. The molecule has 0 aliphatic carbocycles. The highest BCUT2D eigenvalue weighted by Crippen LogP contribution is 2.19. The largest absolute Gasteiger partial charge is 0.377 e. The molecule has 0 bridgehead atoms. The highest BCUT2D eigenvalue weighted by Gasteiger charge is 2.22. The Morgan fingerprint density at radius 1 is 1.30 bits per heavy atom. The van der Waals surface area contributed by atoms with Crippen LogP contribution in [-0.2, 0) is 24.3 Å². The summed E-state index contributed by atoms with van der Waals surface area (Å²) in [6, 6.07) is 0.327. The zero-order chi connectivity index (χ0) is 19.1. The van der Waals surface area contributed by atoms with Gasteiger partial charge in [-0.15, -0.1) is 0 Å². The lowest BCUT2D eigenvalue weighted by molar-refractivity contribution is 0.177. The van der Waals surface area contributed by atoms with Crippen molar-refractivity contribution >= 4 is 5.96 Å². The molecular formula is C19H35N7O. The number of hydrogen-bond donors (Lipinski definition) is 2. The van der Waals surface area contributed by atoms with Gasteiger partial charge < -0.3 is 20.3 Å². The van der Waals surface area contributed by atoms with Crippen molar-refractivity contribution in [2.75, 3.05) is 40.3 Å². The number of aliphatic imine (C=N–C) groups is 1. The topological polar surface area (TPSA) is 79.6 Å². The van der Waals surface area contributed by atoms with E-state index in [0.717, 1.165) is 49.5 Å². The van der Waals surface area contributed by atoms with Crippen molar-refractivity contribution in [2.24, 2.45) is 10.9 Å². The number of likely N-dealkylation sites (tertiary alicyclic amines) is 1. The number of ether oxygens (including phenoxy) is 1. The average Bonchev–Trinajstić information content (AvgIpc) is 3.09. The summed E-state index contributed by atoms with van der Waals surface area (Å²) in [5.41, 5.74) is 0. The van der Waals surface area contributed by atoms with Gasteiger partial charge in [-0.2, -0.15) is 5.10 Å². The summed E-state index contributed by atoms with van der Waals surface area (Å²) < 4.78 is 7.14. The maximum atomic E-state index is 5.14. The quantitative estimate of drug-likeness (QED) is 0.546. The first-order chi connectivity index (χ1) is 13.2. The van der Waals surface area contributed by atoms with E-state index in [4.69, 9.17) is 4.74 Å². The molecule has 1 fully saturated rings. The van der Waals surface area contributed by atoms with Crippen LogP contribution >= 0.6 is 0 Å². The van der Waals surface area contributed by atoms with Crippen LogP contribution in [-0.4, -0.2) is 72.0 Å². The van der Waals surface area contributed by atoms with Crippen LogP contribution in [0.3, 0.4) is 0 Å². The molecule has 0 saturated carbocycles. The van der Waals surface area contributed by atoms with Gasteiger partial charge in [0.25, 0.3) is 0 Å². The molecule has 1 aromatic heterocycles. The van der Waals surface area contributed by atoms with Gasteiger partial charge in [0.15, 0.2) is 11.8 Å². The Kier molecular flexibility index (Phi) is 7.46. The van der Waals surface area contributed by atoms with Gasteiger partial charge in [0.1, 0.15) is 12.4 Å². The Morgan fingerprint density at radius 2 is 2.11 bits per heavy atom. The summed E-state index contributed by atoms with van der Waals surface area (Å²) in [5.74, 6) is 3.56. The van der Waals surface area contributed by atoms with Crippen LogP contribution in [0.15, 0.2) is 4.99 Å². The summed E-state index contributed by atoms with van der Waals surface area (Å²) >= 11 is 0. The van der Waals surface area contributed by atoms with Gasteiger partial charge in [-0.05, 0) is 51.2 Å². The van der Waals surface area contributed by atoms with Crippen molar-refractivity contribution < 1.29 is 4.74 Å². The summed E-state index contributed by atoms with van der Waals surface area (Å²) in [7, 11) is 3.52. The molecule has 8 heteroatoms. The fourth-order valence-corrected chi connectivity index (χ4v) is 4.04. The first-order valence-electron chi connectivity index (χ1n) is 10.3. The van der Waals surface area contributed by atoms with E-state index in [1.807, 2.05) is 11.7 Å². The maximum absolute atomic E-state index is 5.14. The van der Waals surface area contributed by atoms with Crippen molar-refractivity contribution in [2.45, 2.75) is 58.2 Å². The summed E-state index contributed by atoms with van der Waals surface area (Å²) in [4.78, 5) is 11.5. The lowest BCUT2D eigenvalue weighted by atomic mass is 9.93. The predicted octanol–water partition coefficient (Wildman–Crippen LogP) is 1.03.